The molecule has 0 atom stereocenters. The standard InChI is InChI=1S/C19H21FN4O2S/c1-13-11-16(4-5-17(13)20)27(25,26)24-9-7-23(8-10-24)15-3-6-18-19(12-15)22-14(2)21-18/h3-6,11-12H,7-10H2,1-2H3,(H,21,22). The van der Waals surface area contributed by atoms with Gasteiger partial charge in [-0.05, 0) is 55.8 Å². The molecule has 2 heterocycles. The lowest BCUT2D eigenvalue weighted by Crippen LogP contribution is -2.48. The van der Waals surface area contributed by atoms with Crippen LogP contribution in [0.25, 0.3) is 11.0 Å². The number of nitrogens with zero attached hydrogens (tertiary/aromatic N) is 3. The van der Waals surface area contributed by atoms with Gasteiger partial charge in [-0.3, -0.25) is 0 Å². The molecule has 6 nitrogen and oxygen atoms in total. The van der Waals surface area contributed by atoms with E-state index in [-0.39, 0.29) is 4.90 Å². The van der Waals surface area contributed by atoms with E-state index in [2.05, 4.69) is 14.9 Å². The van der Waals surface area contributed by atoms with Gasteiger partial charge in [-0.1, -0.05) is 0 Å². The summed E-state index contributed by atoms with van der Waals surface area (Å²) in [5.41, 5.74) is 3.27. The summed E-state index contributed by atoms with van der Waals surface area (Å²) >= 11 is 0. The van der Waals surface area contributed by atoms with Gasteiger partial charge in [0.2, 0.25) is 10.0 Å². The number of hydrogen-bond donors (Lipinski definition) is 1. The fraction of sp³-hybridized carbons (Fsp3) is 0.316. The van der Waals surface area contributed by atoms with Crippen LogP contribution in [0, 0.1) is 19.7 Å². The van der Waals surface area contributed by atoms with E-state index in [0.29, 0.717) is 31.7 Å². The molecule has 1 aliphatic heterocycles. The van der Waals surface area contributed by atoms with Crippen LogP contribution >= 0.6 is 0 Å². The van der Waals surface area contributed by atoms with Gasteiger partial charge in [-0.2, -0.15) is 4.31 Å². The zero-order valence-electron chi connectivity index (χ0n) is 15.2. The van der Waals surface area contributed by atoms with Gasteiger partial charge in [0.15, 0.2) is 0 Å². The Morgan fingerprint density at radius 1 is 1.04 bits per heavy atom. The van der Waals surface area contributed by atoms with Crippen molar-refractivity contribution in [1.29, 1.82) is 0 Å². The summed E-state index contributed by atoms with van der Waals surface area (Å²) in [6.07, 6.45) is 0. The van der Waals surface area contributed by atoms with Gasteiger partial charge >= 0.3 is 0 Å². The van der Waals surface area contributed by atoms with E-state index in [1.54, 1.807) is 6.92 Å². The largest absolute Gasteiger partial charge is 0.369 e. The Morgan fingerprint density at radius 2 is 1.78 bits per heavy atom. The number of piperazine rings is 1. The Balaban J connectivity index is 1.51. The first-order valence-corrected chi connectivity index (χ1v) is 10.3. The van der Waals surface area contributed by atoms with Gasteiger partial charge in [0, 0.05) is 31.9 Å². The quantitative estimate of drug-likeness (QED) is 0.749. The Labute approximate surface area is 157 Å². The second kappa shape index (κ2) is 6.61. The maximum atomic E-state index is 13.5. The number of fused-ring (bicyclic) bond motifs is 1. The van der Waals surface area contributed by atoms with E-state index in [1.165, 1.54) is 22.5 Å². The van der Waals surface area contributed by atoms with Crippen LogP contribution in [0.15, 0.2) is 41.3 Å². The van der Waals surface area contributed by atoms with E-state index in [4.69, 9.17) is 0 Å². The van der Waals surface area contributed by atoms with Crippen LogP contribution in [0.2, 0.25) is 0 Å². The highest BCUT2D eigenvalue weighted by Crippen LogP contribution is 2.24. The van der Waals surface area contributed by atoms with Gasteiger partial charge in [-0.25, -0.2) is 17.8 Å². The molecule has 2 aromatic carbocycles. The molecule has 1 saturated heterocycles. The van der Waals surface area contributed by atoms with E-state index < -0.39 is 15.8 Å². The van der Waals surface area contributed by atoms with E-state index in [9.17, 15) is 12.8 Å². The monoisotopic (exact) mass is 388 g/mol. The van der Waals surface area contributed by atoms with Crippen LogP contribution in [0.4, 0.5) is 10.1 Å². The molecule has 0 radical (unpaired) electrons. The minimum Gasteiger partial charge on any atom is -0.369 e. The molecule has 1 fully saturated rings. The first kappa shape index (κ1) is 17.9. The lowest BCUT2D eigenvalue weighted by atomic mass is 10.2. The fourth-order valence-corrected chi connectivity index (χ4v) is 4.94. The van der Waals surface area contributed by atoms with Gasteiger partial charge in [-0.15, -0.1) is 0 Å². The fourth-order valence-electron chi connectivity index (χ4n) is 3.44. The summed E-state index contributed by atoms with van der Waals surface area (Å²) in [5, 5.41) is 0. The van der Waals surface area contributed by atoms with Crippen molar-refractivity contribution in [3.8, 4) is 0 Å². The molecule has 1 aromatic heterocycles. The average molecular weight is 388 g/mol. The number of aromatic amines is 1. The molecular weight excluding hydrogens is 367 g/mol. The summed E-state index contributed by atoms with van der Waals surface area (Å²) in [5.74, 6) is 0.468. The van der Waals surface area contributed by atoms with E-state index in [1.807, 2.05) is 25.1 Å². The maximum absolute atomic E-state index is 13.5. The average Bonchev–Trinajstić information content (AvgIpc) is 3.03. The Morgan fingerprint density at radius 3 is 2.48 bits per heavy atom. The molecular formula is C19H21FN4O2S. The summed E-state index contributed by atoms with van der Waals surface area (Å²) in [4.78, 5) is 9.94. The molecule has 1 N–H and O–H groups in total. The third kappa shape index (κ3) is 3.30. The molecule has 0 spiro atoms. The lowest BCUT2D eigenvalue weighted by molar-refractivity contribution is 0.385. The number of H-pyrrole nitrogens is 1. The van der Waals surface area contributed by atoms with Crippen LogP contribution in [0.1, 0.15) is 11.4 Å². The molecule has 0 amide bonds. The molecule has 0 saturated carbocycles. The predicted octanol–water partition coefficient (Wildman–Crippen LogP) is 2.83. The Hall–Kier alpha value is -2.45. The summed E-state index contributed by atoms with van der Waals surface area (Å²) in [6, 6.07) is 9.96. The van der Waals surface area contributed by atoms with Crippen molar-refractivity contribution in [2.24, 2.45) is 0 Å². The molecule has 0 aliphatic carbocycles. The van der Waals surface area contributed by atoms with Crippen molar-refractivity contribution in [3.63, 3.8) is 0 Å². The predicted molar refractivity (Wildman–Crippen MR) is 103 cm³/mol. The topological polar surface area (TPSA) is 69.3 Å². The summed E-state index contributed by atoms with van der Waals surface area (Å²) < 4.78 is 40.6. The molecule has 3 aromatic rings. The van der Waals surface area contributed by atoms with Crippen LogP contribution < -0.4 is 4.90 Å². The number of anilines is 1. The molecule has 4 rings (SSSR count). The van der Waals surface area contributed by atoms with Gasteiger partial charge in [0.25, 0.3) is 0 Å². The molecule has 0 unspecified atom stereocenters. The third-order valence-corrected chi connectivity index (χ3v) is 6.85. The number of nitrogens with one attached hydrogen (secondary N) is 1. The normalized spacial score (nSPS) is 16.2. The molecule has 1 aliphatic rings. The number of aryl methyl sites for hydroxylation is 2. The van der Waals surface area contributed by atoms with Gasteiger partial charge < -0.3 is 9.88 Å². The number of aromatic nitrogens is 2. The number of benzene rings is 2. The highest BCUT2D eigenvalue weighted by atomic mass is 32.2. The number of hydrogen-bond acceptors (Lipinski definition) is 4. The smallest absolute Gasteiger partial charge is 0.243 e. The van der Waals surface area contributed by atoms with Crippen molar-refractivity contribution in [2.45, 2.75) is 18.7 Å². The number of rotatable bonds is 3. The van der Waals surface area contributed by atoms with Crippen LogP contribution in [0.5, 0.6) is 0 Å². The minimum atomic E-state index is -3.61. The molecule has 8 heteroatoms. The highest BCUT2D eigenvalue weighted by Gasteiger charge is 2.29. The Bertz CT molecular complexity index is 1100. The SMILES string of the molecule is Cc1nc2ccc(N3CCN(S(=O)(=O)c4ccc(F)c(C)c4)CC3)cc2[nH]1. The number of halogens is 1. The third-order valence-electron chi connectivity index (χ3n) is 4.95. The summed E-state index contributed by atoms with van der Waals surface area (Å²) in [6.45, 7) is 5.45. The van der Waals surface area contributed by atoms with Crippen LogP contribution in [-0.4, -0.2) is 48.9 Å². The van der Waals surface area contributed by atoms with Crippen LogP contribution in [0.3, 0.4) is 0 Å². The second-order valence-electron chi connectivity index (χ2n) is 6.83. The highest BCUT2D eigenvalue weighted by molar-refractivity contribution is 7.89. The zero-order valence-corrected chi connectivity index (χ0v) is 16.1. The maximum Gasteiger partial charge on any atom is 0.243 e. The summed E-state index contributed by atoms with van der Waals surface area (Å²) in [7, 11) is -3.61. The second-order valence-corrected chi connectivity index (χ2v) is 8.76. The van der Waals surface area contributed by atoms with E-state index >= 15 is 0 Å². The number of imidazole rings is 1. The lowest BCUT2D eigenvalue weighted by Gasteiger charge is -2.35. The molecule has 0 bridgehead atoms. The Kier molecular flexibility index (Phi) is 4.39. The molecule has 142 valence electrons. The van der Waals surface area contributed by atoms with Crippen LogP contribution in [-0.2, 0) is 10.0 Å². The zero-order chi connectivity index (χ0) is 19.2. The van der Waals surface area contributed by atoms with Gasteiger partial charge in [0.1, 0.15) is 11.6 Å². The van der Waals surface area contributed by atoms with E-state index in [0.717, 1.165) is 22.5 Å². The van der Waals surface area contributed by atoms with Crippen molar-refractivity contribution < 1.29 is 12.8 Å². The van der Waals surface area contributed by atoms with Gasteiger partial charge in [0.05, 0.1) is 15.9 Å². The first-order valence-electron chi connectivity index (χ1n) is 8.82. The molecule has 27 heavy (non-hydrogen) atoms. The first-order chi connectivity index (χ1) is 12.8. The minimum absolute atomic E-state index is 0.143. The van der Waals surface area contributed by atoms with Crippen molar-refractivity contribution in [1.82, 2.24) is 14.3 Å². The van der Waals surface area contributed by atoms with Crippen molar-refractivity contribution in [3.05, 3.63) is 53.6 Å². The number of sulfonamides is 1. The van der Waals surface area contributed by atoms with Crippen molar-refractivity contribution in [2.75, 3.05) is 31.1 Å². The van der Waals surface area contributed by atoms with Crippen molar-refractivity contribution >= 4 is 26.7 Å².